The van der Waals surface area contributed by atoms with Gasteiger partial charge < -0.3 is 18.1 Å². The highest BCUT2D eigenvalue weighted by Gasteiger charge is 2.42. The molecule has 0 radical (unpaired) electrons. The molecule has 2 heterocycles. The van der Waals surface area contributed by atoms with Crippen molar-refractivity contribution in [2.75, 3.05) is 14.2 Å². The van der Waals surface area contributed by atoms with Crippen LogP contribution in [-0.2, 0) is 18.0 Å². The predicted octanol–water partition coefficient (Wildman–Crippen LogP) is 8.48. The number of aromatic nitrogens is 4. The highest BCUT2D eigenvalue weighted by Crippen LogP contribution is 2.41. The van der Waals surface area contributed by atoms with E-state index in [2.05, 4.69) is 68.1 Å². The van der Waals surface area contributed by atoms with Gasteiger partial charge in [0.2, 0.25) is 5.89 Å². The van der Waals surface area contributed by atoms with Crippen molar-refractivity contribution in [1.29, 1.82) is 0 Å². The minimum atomic E-state index is -1.87. The van der Waals surface area contributed by atoms with Crippen LogP contribution in [0.3, 0.4) is 0 Å². The lowest BCUT2D eigenvalue weighted by molar-refractivity contribution is 0.0897. The molecule has 5 aromatic rings. The number of oxazole rings is 1. The molecule has 2 aromatic heterocycles. The van der Waals surface area contributed by atoms with Gasteiger partial charge in [-0.05, 0) is 97.5 Å². The molecule has 0 bridgehead atoms. The molecule has 10 heteroatoms. The number of benzene rings is 3. The van der Waals surface area contributed by atoms with E-state index < -0.39 is 8.32 Å². The molecule has 3 aromatic carbocycles. The minimum absolute atomic E-state index is 0.180. The fourth-order valence-corrected chi connectivity index (χ4v) is 7.62. The van der Waals surface area contributed by atoms with Crippen LogP contribution in [0.2, 0.25) is 18.1 Å². The second-order valence-corrected chi connectivity index (χ2v) is 18.8. The van der Waals surface area contributed by atoms with Crippen molar-refractivity contribution >= 4 is 19.4 Å². The summed E-state index contributed by atoms with van der Waals surface area (Å²) >= 11 is 0. The van der Waals surface area contributed by atoms with Gasteiger partial charge in [0.25, 0.3) is 0 Å². The molecule has 0 spiro atoms. The molecule has 242 valence electrons. The van der Waals surface area contributed by atoms with Crippen LogP contribution < -0.4 is 4.74 Å². The number of nitrogens with zero attached hydrogens (tertiary/aromatic N) is 5. The van der Waals surface area contributed by atoms with E-state index in [0.717, 1.165) is 47.2 Å². The van der Waals surface area contributed by atoms with Crippen molar-refractivity contribution < 1.29 is 18.0 Å². The summed E-state index contributed by atoms with van der Waals surface area (Å²) in [4.78, 5) is 7.34. The number of ether oxygens (including phenoxy) is 1. The average molecular weight is 642 g/mol. The highest BCUT2D eigenvalue weighted by molar-refractivity contribution is 6.74. The summed E-state index contributed by atoms with van der Waals surface area (Å²) in [5, 5.41) is 8.38. The molecule has 0 aliphatic heterocycles. The Morgan fingerprint density at radius 2 is 1.83 bits per heavy atom. The molecule has 8 nitrogen and oxygen atoms in total. The first kappa shape index (κ1) is 32.1. The highest BCUT2D eigenvalue weighted by atomic mass is 28.4. The lowest BCUT2D eigenvalue weighted by Crippen LogP contribution is -2.48. The average Bonchev–Trinajstić information content (AvgIpc) is 3.76. The molecule has 1 aliphatic rings. The summed E-state index contributed by atoms with van der Waals surface area (Å²) in [6, 6.07) is 17.1. The van der Waals surface area contributed by atoms with Crippen LogP contribution in [0.5, 0.6) is 5.75 Å². The van der Waals surface area contributed by atoms with E-state index in [-0.39, 0.29) is 17.0 Å². The molecule has 0 saturated heterocycles. The fourth-order valence-electron chi connectivity index (χ4n) is 6.23. The molecule has 2 atom stereocenters. The van der Waals surface area contributed by atoms with Crippen molar-refractivity contribution in [3.05, 3.63) is 72.3 Å². The van der Waals surface area contributed by atoms with Crippen LogP contribution in [0, 0.1) is 5.82 Å². The van der Waals surface area contributed by atoms with E-state index in [4.69, 9.17) is 18.6 Å². The van der Waals surface area contributed by atoms with Crippen molar-refractivity contribution in [2.45, 2.75) is 76.9 Å². The summed E-state index contributed by atoms with van der Waals surface area (Å²) in [7, 11) is 3.82. The molecule has 46 heavy (non-hydrogen) atoms. The smallest absolute Gasteiger partial charge is 0.227 e. The van der Waals surface area contributed by atoms with Crippen LogP contribution in [0.1, 0.15) is 45.6 Å². The summed E-state index contributed by atoms with van der Waals surface area (Å²) in [6.45, 7) is 12.3. The summed E-state index contributed by atoms with van der Waals surface area (Å²) in [5.41, 5.74) is 5.64. The van der Waals surface area contributed by atoms with Gasteiger partial charge >= 0.3 is 0 Å². The number of hydrogen-bond acceptors (Lipinski definition) is 7. The van der Waals surface area contributed by atoms with Crippen molar-refractivity contribution in [3.63, 3.8) is 0 Å². The number of fused-ring (bicyclic) bond motifs is 1. The summed E-state index contributed by atoms with van der Waals surface area (Å²) in [6.07, 6.45) is 5.27. The third-order valence-corrected chi connectivity index (χ3v) is 14.3. The Bertz CT molecular complexity index is 1860. The zero-order valence-electron chi connectivity index (χ0n) is 28.1. The Labute approximate surface area is 271 Å². The Kier molecular flexibility index (Phi) is 8.64. The largest absolute Gasteiger partial charge is 0.493 e. The van der Waals surface area contributed by atoms with Crippen molar-refractivity contribution in [1.82, 2.24) is 24.6 Å². The van der Waals surface area contributed by atoms with E-state index >= 15 is 0 Å². The van der Waals surface area contributed by atoms with Crippen LogP contribution in [-0.4, -0.2) is 59.3 Å². The van der Waals surface area contributed by atoms with Crippen molar-refractivity contribution in [3.8, 4) is 39.7 Å². The number of aryl methyl sites for hydroxylation is 1. The van der Waals surface area contributed by atoms with Crippen molar-refractivity contribution in [2.24, 2.45) is 7.05 Å². The van der Waals surface area contributed by atoms with Gasteiger partial charge in [0.1, 0.15) is 17.7 Å². The standard InChI is InChI=1S/C36H44FN5O3Si/c1-36(2,3)46(7,8)45-31-14-10-13-30(31)41(4)21-23-17-29-33(32(18-23)43-6)44-35(39-29)25-12-9-11-24(19-25)27-16-15-26(37)20-28(27)34-40-38-22-42(34)5/h9,11-12,15-20,22,30-31H,10,13-14,21H2,1-8H3/t30-,31+/m1/s1. The lowest BCUT2D eigenvalue weighted by atomic mass is 9.97. The maximum absolute atomic E-state index is 14.3. The van der Waals surface area contributed by atoms with Crippen LogP contribution >= 0.6 is 0 Å². The molecule has 1 aliphatic carbocycles. The van der Waals surface area contributed by atoms with Gasteiger partial charge in [-0.15, -0.1) is 10.2 Å². The Hall–Kier alpha value is -3.86. The molecular formula is C36H44FN5O3Si. The fraction of sp³-hybridized carbons (Fsp3) is 0.417. The second-order valence-electron chi connectivity index (χ2n) is 14.0. The first-order chi connectivity index (χ1) is 21.8. The molecular weight excluding hydrogens is 598 g/mol. The first-order valence-corrected chi connectivity index (χ1v) is 18.9. The zero-order valence-corrected chi connectivity index (χ0v) is 29.1. The topological polar surface area (TPSA) is 78.4 Å². The van der Waals surface area contributed by atoms with Crippen LogP contribution in [0.15, 0.2) is 65.3 Å². The van der Waals surface area contributed by atoms with Gasteiger partial charge in [-0.2, -0.15) is 0 Å². The zero-order chi connectivity index (χ0) is 32.8. The van der Waals surface area contributed by atoms with Crippen LogP contribution in [0.4, 0.5) is 4.39 Å². The number of rotatable bonds is 9. The first-order valence-electron chi connectivity index (χ1n) is 15.9. The molecule has 0 unspecified atom stereocenters. The quantitative estimate of drug-likeness (QED) is 0.149. The van der Waals surface area contributed by atoms with E-state index in [1.165, 1.54) is 18.6 Å². The van der Waals surface area contributed by atoms with E-state index in [1.807, 2.05) is 31.3 Å². The maximum atomic E-state index is 14.3. The number of methoxy groups -OCH3 is 1. The molecule has 0 amide bonds. The molecule has 1 saturated carbocycles. The monoisotopic (exact) mass is 641 g/mol. The number of hydrogen-bond donors (Lipinski definition) is 0. The third-order valence-electron chi connectivity index (χ3n) is 9.76. The van der Waals surface area contributed by atoms with Gasteiger partial charge in [-0.25, -0.2) is 9.37 Å². The molecule has 6 rings (SSSR count). The molecule has 1 fully saturated rings. The van der Waals surface area contributed by atoms with E-state index in [9.17, 15) is 4.39 Å². The van der Waals surface area contributed by atoms with Gasteiger partial charge in [0.15, 0.2) is 25.5 Å². The maximum Gasteiger partial charge on any atom is 0.227 e. The summed E-state index contributed by atoms with van der Waals surface area (Å²) < 4.78 is 35.1. The van der Waals surface area contributed by atoms with E-state index in [1.54, 1.807) is 24.1 Å². The predicted molar refractivity (Wildman–Crippen MR) is 183 cm³/mol. The van der Waals surface area contributed by atoms with Gasteiger partial charge in [0, 0.05) is 30.8 Å². The normalized spacial score (nSPS) is 17.3. The summed E-state index contributed by atoms with van der Waals surface area (Å²) in [5.74, 6) is 1.39. The second kappa shape index (κ2) is 12.4. The Morgan fingerprint density at radius 1 is 1.04 bits per heavy atom. The third kappa shape index (κ3) is 6.26. The lowest BCUT2D eigenvalue weighted by Gasteiger charge is -2.41. The number of halogens is 1. The van der Waals surface area contributed by atoms with Gasteiger partial charge in [-0.1, -0.05) is 39.0 Å². The Balaban J connectivity index is 1.28. The SMILES string of the molecule is COc1cc(CN(C)[C@@H]2CCC[C@@H]2O[Si](C)(C)C(C)(C)C)cc2nc(-c3cccc(-c4ccc(F)cc4-c4nncn4C)c3)oc12. The molecule has 0 N–H and O–H groups in total. The van der Waals surface area contributed by atoms with Gasteiger partial charge in [-0.3, -0.25) is 4.90 Å². The minimum Gasteiger partial charge on any atom is -0.493 e. The van der Waals surface area contributed by atoms with E-state index in [0.29, 0.717) is 34.7 Å². The Morgan fingerprint density at radius 3 is 2.54 bits per heavy atom. The van der Waals surface area contributed by atoms with Gasteiger partial charge in [0.05, 0.1) is 13.2 Å². The number of likely N-dealkylation sites (N-methyl/N-ethyl adjacent to an activating group) is 1. The van der Waals surface area contributed by atoms with Crippen LogP contribution in [0.25, 0.3) is 45.1 Å².